The summed E-state index contributed by atoms with van der Waals surface area (Å²) in [6, 6.07) is 0. The molecule has 0 saturated heterocycles. The number of aliphatic hydroxyl groups is 2. The monoisotopic (exact) mass is 663 g/mol. The van der Waals surface area contributed by atoms with Crippen LogP contribution in [0, 0.1) is 5.41 Å². The maximum absolute atomic E-state index is 13.2. The number of methoxy groups -OCH3 is 1. The lowest BCUT2D eigenvalue weighted by molar-refractivity contribution is -1.05. The molecule has 0 aromatic heterocycles. The van der Waals surface area contributed by atoms with Gasteiger partial charge in [0.25, 0.3) is 11.7 Å². The summed E-state index contributed by atoms with van der Waals surface area (Å²) in [6.45, 7) is 3.35. The number of allylic oxidation sites excluding steroid dienone is 2. The van der Waals surface area contributed by atoms with Gasteiger partial charge in [-0.2, -0.15) is 9.89 Å². The zero-order valence-electron chi connectivity index (χ0n) is 26.6. The van der Waals surface area contributed by atoms with Crippen molar-refractivity contribution in [2.45, 2.75) is 63.6 Å². The number of quaternary nitrogens is 2. The van der Waals surface area contributed by atoms with Gasteiger partial charge in [0.05, 0.1) is 48.8 Å². The Labute approximate surface area is 274 Å². The first kappa shape index (κ1) is 31.7. The van der Waals surface area contributed by atoms with Crippen LogP contribution in [0.3, 0.4) is 0 Å². The SMILES string of the molecule is CCOC(=O)C1=C(C=O)/C(=C\C[NH+]2C=CNC2[NH+]2CN=C3C(=O)NC(=N)N=C32)c2c(c(CO)c3c(c2OC)[C@@H]2CCC[C@@](C)(O)[C@H]2O3)O1. The number of fused-ring (bicyclic) bond motifs is 5. The van der Waals surface area contributed by atoms with Crippen molar-refractivity contribution in [2.75, 3.05) is 26.9 Å². The summed E-state index contributed by atoms with van der Waals surface area (Å²) in [5.41, 5.74) is 0.622. The highest BCUT2D eigenvalue weighted by atomic mass is 16.6. The molecule has 5 aliphatic heterocycles. The van der Waals surface area contributed by atoms with Crippen molar-refractivity contribution in [1.82, 2.24) is 10.6 Å². The molecule has 1 aliphatic carbocycles. The number of hydrogen-bond acceptors (Lipinski definition) is 12. The van der Waals surface area contributed by atoms with E-state index in [1.54, 1.807) is 26.1 Å². The topological polar surface area (TPSA) is 210 Å². The van der Waals surface area contributed by atoms with Crippen molar-refractivity contribution >= 4 is 41.2 Å². The number of aliphatic hydroxyl groups excluding tert-OH is 1. The number of carbonyl (C=O) groups is 3. The van der Waals surface area contributed by atoms with Gasteiger partial charge in [-0.3, -0.25) is 25.6 Å². The molecule has 16 nitrogen and oxygen atoms in total. The molecule has 16 heteroatoms. The predicted octanol–water partition coefficient (Wildman–Crippen LogP) is -2.24. The number of aliphatic imine (C=N–C) groups is 2. The third-order valence-electron chi connectivity index (χ3n) is 9.66. The molecule has 7 N–H and O–H groups in total. The van der Waals surface area contributed by atoms with E-state index >= 15 is 0 Å². The molecule has 48 heavy (non-hydrogen) atoms. The van der Waals surface area contributed by atoms with Gasteiger partial charge in [-0.15, -0.1) is 0 Å². The first-order valence-corrected chi connectivity index (χ1v) is 15.8. The molecular weight excluding hydrogens is 626 g/mol. The van der Waals surface area contributed by atoms with Gasteiger partial charge < -0.3 is 29.2 Å². The van der Waals surface area contributed by atoms with Gasteiger partial charge >= 0.3 is 12.3 Å². The summed E-state index contributed by atoms with van der Waals surface area (Å²) < 4.78 is 23.8. The number of nitrogens with one attached hydrogen (secondary N) is 5. The van der Waals surface area contributed by atoms with E-state index in [1.807, 2.05) is 6.20 Å². The second-order valence-electron chi connectivity index (χ2n) is 12.5. The van der Waals surface area contributed by atoms with Gasteiger partial charge in [0, 0.05) is 17.1 Å². The Kier molecular flexibility index (Phi) is 7.90. The highest BCUT2D eigenvalue weighted by Crippen LogP contribution is 2.60. The molecule has 252 valence electrons. The van der Waals surface area contributed by atoms with E-state index in [0.29, 0.717) is 53.2 Å². The van der Waals surface area contributed by atoms with E-state index in [4.69, 9.17) is 24.4 Å². The summed E-state index contributed by atoms with van der Waals surface area (Å²) in [6.07, 6.45) is 6.95. The Morgan fingerprint density at radius 3 is 2.88 bits per heavy atom. The molecule has 6 atom stereocenters. The lowest BCUT2D eigenvalue weighted by Crippen LogP contribution is -3.36. The number of aldehydes is 1. The van der Waals surface area contributed by atoms with E-state index < -0.39 is 36.5 Å². The Morgan fingerprint density at radius 2 is 2.15 bits per heavy atom. The average Bonchev–Trinajstić information content (AvgIpc) is 3.79. The standard InChI is InChI=1S/C32H35N7O9/c1-4-46-29(43)24-17(12-40)15(7-10-38-11-9-34-31(38)39-14-35-21-27(39)36-30(33)37-28(21)42)19-22(47-24)18(13-41)23-20(25(19)45-3)16-6-5-8-32(2,44)26(16)48-23/h7,9,11-12,16,26,31,34,41,44H,4-6,8,10,13-14H2,1-3H3,(H2,33,37,42)/p+2/b15-7+/t16-,26-,31?,32+/m0/s1. The predicted molar refractivity (Wildman–Crippen MR) is 167 cm³/mol. The fraction of sp³-hybridized carbons (Fsp3) is 0.438. The fourth-order valence-electron chi connectivity index (χ4n) is 7.56. The van der Waals surface area contributed by atoms with Crippen molar-refractivity contribution in [2.24, 2.45) is 9.98 Å². The van der Waals surface area contributed by atoms with Crippen molar-refractivity contribution in [1.29, 1.82) is 5.41 Å². The lowest BCUT2D eigenvalue weighted by atomic mass is 9.73. The minimum Gasteiger partial charge on any atom is -0.496 e. The van der Waals surface area contributed by atoms with Crippen LogP contribution in [0.4, 0.5) is 0 Å². The Bertz CT molecular complexity index is 1790. The molecule has 7 rings (SSSR count). The second-order valence-corrected chi connectivity index (χ2v) is 12.5. The molecule has 1 fully saturated rings. The number of nitrogens with zero attached hydrogens (tertiary/aromatic N) is 2. The number of rotatable bonds is 8. The number of esters is 1. The molecule has 0 radical (unpaired) electrons. The van der Waals surface area contributed by atoms with Crippen LogP contribution in [-0.4, -0.2) is 90.8 Å². The molecule has 1 aromatic carbocycles. The first-order valence-electron chi connectivity index (χ1n) is 15.8. The molecule has 0 spiro atoms. The van der Waals surface area contributed by atoms with Crippen LogP contribution in [0.2, 0.25) is 0 Å². The van der Waals surface area contributed by atoms with Crippen molar-refractivity contribution in [3.63, 3.8) is 0 Å². The van der Waals surface area contributed by atoms with Crippen molar-refractivity contribution in [3.05, 3.63) is 46.5 Å². The summed E-state index contributed by atoms with van der Waals surface area (Å²) in [5, 5.41) is 35.6. The Hall–Kier alpha value is -4.90. The first-order chi connectivity index (χ1) is 23.1. The van der Waals surface area contributed by atoms with Crippen LogP contribution in [-0.2, 0) is 25.7 Å². The summed E-state index contributed by atoms with van der Waals surface area (Å²) in [4.78, 5) is 48.6. The lowest BCUT2D eigenvalue weighted by Gasteiger charge is -2.37. The number of guanidine groups is 1. The summed E-state index contributed by atoms with van der Waals surface area (Å²) in [7, 11) is 1.49. The maximum atomic E-state index is 13.2. The average molecular weight is 664 g/mol. The number of amides is 1. The number of hydrogen-bond donors (Lipinski definition) is 7. The molecule has 0 bridgehead atoms. The fourth-order valence-corrected chi connectivity index (χ4v) is 7.56. The van der Waals surface area contributed by atoms with Crippen LogP contribution in [0.25, 0.3) is 5.57 Å². The highest BCUT2D eigenvalue weighted by molar-refractivity contribution is 6.68. The van der Waals surface area contributed by atoms with E-state index in [9.17, 15) is 24.6 Å². The largest absolute Gasteiger partial charge is 0.496 e. The summed E-state index contributed by atoms with van der Waals surface area (Å²) >= 11 is 0. The van der Waals surface area contributed by atoms with Crippen LogP contribution in [0.1, 0.15) is 55.7 Å². The van der Waals surface area contributed by atoms with Crippen LogP contribution in [0.5, 0.6) is 17.2 Å². The second kappa shape index (κ2) is 12.0. The van der Waals surface area contributed by atoms with E-state index in [-0.39, 0.29) is 60.1 Å². The molecule has 1 saturated carbocycles. The van der Waals surface area contributed by atoms with Gasteiger partial charge in [-0.25, -0.2) is 14.7 Å². The zero-order valence-corrected chi connectivity index (χ0v) is 26.6. The number of carbonyl (C=O) groups excluding carboxylic acids is 3. The van der Waals surface area contributed by atoms with Crippen LogP contribution < -0.4 is 34.6 Å². The molecule has 5 heterocycles. The minimum atomic E-state index is -1.14. The van der Waals surface area contributed by atoms with E-state index in [0.717, 1.165) is 16.2 Å². The van der Waals surface area contributed by atoms with Gasteiger partial charge in [0.2, 0.25) is 17.4 Å². The van der Waals surface area contributed by atoms with E-state index in [2.05, 4.69) is 20.6 Å². The highest BCUT2D eigenvalue weighted by Gasteiger charge is 2.52. The molecule has 6 aliphatic rings. The van der Waals surface area contributed by atoms with Gasteiger partial charge in [-0.1, -0.05) is 0 Å². The van der Waals surface area contributed by atoms with Crippen molar-refractivity contribution < 1.29 is 53.3 Å². The number of ether oxygens (including phenoxy) is 4. The van der Waals surface area contributed by atoms with Crippen LogP contribution in [0.15, 0.2) is 39.8 Å². The van der Waals surface area contributed by atoms with E-state index in [1.165, 1.54) is 7.11 Å². The normalized spacial score (nSPS) is 30.6. The third-order valence-corrected chi connectivity index (χ3v) is 9.66. The molecular formula is C32H37N7O9+2. The summed E-state index contributed by atoms with van der Waals surface area (Å²) in [5.74, 6) is -1.05. The maximum Gasteiger partial charge on any atom is 0.375 e. The minimum absolute atomic E-state index is 0.0315. The van der Waals surface area contributed by atoms with Gasteiger partial charge in [0.15, 0.2) is 13.0 Å². The Morgan fingerprint density at radius 1 is 1.33 bits per heavy atom. The van der Waals surface area contributed by atoms with Gasteiger partial charge in [0.1, 0.15) is 36.1 Å². The Balaban J connectivity index is 1.35. The zero-order chi connectivity index (χ0) is 33.9. The number of amidine groups is 1. The van der Waals surface area contributed by atoms with Gasteiger partial charge in [-0.05, 0) is 39.2 Å². The quantitative estimate of drug-likeness (QED) is 0.118. The molecule has 1 amide bonds. The molecule has 1 aromatic rings. The van der Waals surface area contributed by atoms with Crippen LogP contribution >= 0.6 is 0 Å². The third kappa shape index (κ3) is 4.82. The number of benzene rings is 1. The van der Waals surface area contributed by atoms with Crippen molar-refractivity contribution in [3.8, 4) is 17.2 Å². The smallest absolute Gasteiger partial charge is 0.375 e. The molecule has 3 unspecified atom stereocenters.